The van der Waals surface area contributed by atoms with Crippen LogP contribution in [0.2, 0.25) is 28.0 Å². The molecule has 1 aromatic rings. The molecule has 0 unspecified atom stereocenters. The second-order valence-electron chi connectivity index (χ2n) is 6.66. The van der Waals surface area contributed by atoms with Crippen molar-refractivity contribution in [2.75, 3.05) is 0 Å². The first kappa shape index (κ1) is 14.2. The van der Waals surface area contributed by atoms with Gasteiger partial charge in [0.1, 0.15) is 0 Å². The predicted octanol–water partition coefficient (Wildman–Crippen LogP) is 5.17. The van der Waals surface area contributed by atoms with Gasteiger partial charge in [0.25, 0.3) is 0 Å². The van der Waals surface area contributed by atoms with Gasteiger partial charge in [-0.2, -0.15) is 0 Å². The summed E-state index contributed by atoms with van der Waals surface area (Å²) >= 11 is -2.05. The summed E-state index contributed by atoms with van der Waals surface area (Å²) in [4.78, 5) is 7.68. The number of rotatable bonds is 2. The summed E-state index contributed by atoms with van der Waals surface area (Å²) in [6.07, 6.45) is 5.57. The van der Waals surface area contributed by atoms with E-state index < -0.39 is 18.4 Å². The van der Waals surface area contributed by atoms with Crippen LogP contribution in [0.4, 0.5) is 0 Å². The van der Waals surface area contributed by atoms with Crippen molar-refractivity contribution in [3.8, 4) is 0 Å². The quantitative estimate of drug-likeness (QED) is 0.648. The molecule has 0 bridgehead atoms. The van der Waals surface area contributed by atoms with Crippen LogP contribution in [0.1, 0.15) is 24.8 Å². The van der Waals surface area contributed by atoms with Gasteiger partial charge < -0.3 is 0 Å². The molecular formula is C16H25BSn. The zero-order chi connectivity index (χ0) is 13.2. The molecule has 2 rings (SSSR count). The van der Waals surface area contributed by atoms with Gasteiger partial charge >= 0.3 is 117 Å². The van der Waals surface area contributed by atoms with Crippen molar-refractivity contribution in [2.45, 2.75) is 47.2 Å². The van der Waals surface area contributed by atoms with Crippen LogP contribution in [-0.2, 0) is 0 Å². The normalized spacial score (nSPS) is 19.9. The number of hydrogen-bond donors (Lipinski definition) is 0. The van der Waals surface area contributed by atoms with Crippen molar-refractivity contribution >= 4 is 28.7 Å². The third kappa shape index (κ3) is 3.23. The van der Waals surface area contributed by atoms with Crippen LogP contribution in [0.5, 0.6) is 0 Å². The van der Waals surface area contributed by atoms with E-state index in [4.69, 9.17) is 0 Å². The summed E-state index contributed by atoms with van der Waals surface area (Å²) in [6, 6.07) is 11.2. The number of allylic oxidation sites excluding steroid dienone is 1. The standard InChI is InChI=1S/C13H16B.3CH3.Sn/c1-14-10-6-5-9-13(14)11-12-7-3-2-4-8-12;;;;/h2-4,7-8H,5-6,9-10H2,1H3;3*1H3;. The summed E-state index contributed by atoms with van der Waals surface area (Å²) < 4.78 is 1.80. The Morgan fingerprint density at radius 2 is 1.72 bits per heavy atom. The van der Waals surface area contributed by atoms with E-state index >= 15 is 0 Å². The minimum absolute atomic E-state index is 0.810. The minimum atomic E-state index is -2.05. The Morgan fingerprint density at radius 3 is 2.28 bits per heavy atom. The maximum absolute atomic E-state index is 2.56. The first-order chi connectivity index (χ1) is 8.50. The van der Waals surface area contributed by atoms with E-state index in [2.05, 4.69) is 52.0 Å². The van der Waals surface area contributed by atoms with Gasteiger partial charge in [-0.25, -0.2) is 0 Å². The van der Waals surface area contributed by atoms with Gasteiger partial charge in [-0.15, -0.1) is 0 Å². The van der Waals surface area contributed by atoms with Crippen molar-refractivity contribution in [3.05, 3.63) is 41.4 Å². The van der Waals surface area contributed by atoms with Crippen LogP contribution in [0, 0.1) is 0 Å². The fourth-order valence-electron chi connectivity index (χ4n) is 3.26. The molecule has 1 saturated heterocycles. The summed E-state index contributed by atoms with van der Waals surface area (Å²) in [5.74, 6) is 0. The van der Waals surface area contributed by atoms with Gasteiger partial charge in [0, 0.05) is 0 Å². The molecule has 0 spiro atoms. The maximum atomic E-state index is 2.56. The second-order valence-corrected chi connectivity index (χ2v) is 20.9. The van der Waals surface area contributed by atoms with Gasteiger partial charge in [-0.05, 0) is 0 Å². The van der Waals surface area contributed by atoms with E-state index in [0.29, 0.717) is 0 Å². The Morgan fingerprint density at radius 1 is 1.06 bits per heavy atom. The molecule has 1 fully saturated rings. The van der Waals surface area contributed by atoms with Crippen LogP contribution in [0.25, 0.3) is 3.59 Å². The number of benzene rings is 1. The average molecular weight is 347 g/mol. The molecule has 0 nitrogen and oxygen atoms in total. The van der Waals surface area contributed by atoms with E-state index in [-0.39, 0.29) is 0 Å². The molecule has 1 aliphatic heterocycles. The molecule has 1 heterocycles. The predicted molar refractivity (Wildman–Crippen MR) is 87.0 cm³/mol. The fourth-order valence-corrected chi connectivity index (χ4v) is 10.0. The van der Waals surface area contributed by atoms with Crippen LogP contribution >= 0.6 is 0 Å². The Balaban J connectivity index is 2.52. The Labute approximate surface area is 117 Å². The zero-order valence-electron chi connectivity index (χ0n) is 12.3. The molecule has 0 aromatic heterocycles. The van der Waals surface area contributed by atoms with Crippen LogP contribution in [0.15, 0.2) is 35.8 Å². The van der Waals surface area contributed by atoms with E-state index in [0.717, 1.165) is 6.71 Å². The topological polar surface area (TPSA) is 0 Å². The molecule has 0 radical (unpaired) electrons. The van der Waals surface area contributed by atoms with Crippen molar-refractivity contribution in [1.82, 2.24) is 0 Å². The molecule has 0 saturated carbocycles. The van der Waals surface area contributed by atoms with Crippen molar-refractivity contribution < 1.29 is 0 Å². The summed E-state index contributed by atoms with van der Waals surface area (Å²) in [5, 5.41) is 0. The molecule has 0 aliphatic carbocycles. The third-order valence-electron chi connectivity index (χ3n) is 4.06. The molecule has 2 heteroatoms. The first-order valence-electron chi connectivity index (χ1n) is 7.29. The van der Waals surface area contributed by atoms with E-state index in [1.165, 1.54) is 31.1 Å². The summed E-state index contributed by atoms with van der Waals surface area (Å²) in [6.45, 7) is 3.25. The van der Waals surface area contributed by atoms with Gasteiger partial charge in [0.2, 0.25) is 0 Å². The van der Waals surface area contributed by atoms with Gasteiger partial charge in [0.15, 0.2) is 0 Å². The van der Waals surface area contributed by atoms with Crippen molar-refractivity contribution in [1.29, 1.82) is 0 Å². The second kappa shape index (κ2) is 5.85. The molecule has 0 amide bonds. The van der Waals surface area contributed by atoms with Gasteiger partial charge in [-0.3, -0.25) is 0 Å². The molecule has 0 atom stereocenters. The van der Waals surface area contributed by atoms with Crippen molar-refractivity contribution in [2.24, 2.45) is 0 Å². The fraction of sp³-hybridized carbons (Fsp3) is 0.500. The first-order valence-corrected chi connectivity index (χ1v) is 17.3. The van der Waals surface area contributed by atoms with Crippen LogP contribution in [-0.4, -0.2) is 25.1 Å². The van der Waals surface area contributed by atoms with E-state index in [1.54, 1.807) is 9.06 Å². The molecule has 1 aromatic carbocycles. The molecule has 18 heavy (non-hydrogen) atoms. The van der Waals surface area contributed by atoms with Crippen LogP contribution < -0.4 is 0 Å². The monoisotopic (exact) mass is 348 g/mol. The van der Waals surface area contributed by atoms with E-state index in [1.807, 2.05) is 0 Å². The Kier molecular flexibility index (Phi) is 4.63. The van der Waals surface area contributed by atoms with E-state index in [9.17, 15) is 0 Å². The Hall–Kier alpha value is -0.176. The third-order valence-corrected chi connectivity index (χ3v) is 10.1. The Bertz CT molecular complexity index is 428. The average Bonchev–Trinajstić information content (AvgIpc) is 2.32. The molecule has 1 aliphatic rings. The summed E-state index contributed by atoms with van der Waals surface area (Å²) in [5.41, 5.74) is 3.32. The summed E-state index contributed by atoms with van der Waals surface area (Å²) in [7, 11) is 0. The van der Waals surface area contributed by atoms with Gasteiger partial charge in [0.05, 0.1) is 0 Å². The molecular weight excluding hydrogens is 322 g/mol. The van der Waals surface area contributed by atoms with Crippen molar-refractivity contribution in [3.63, 3.8) is 0 Å². The molecule has 96 valence electrons. The SMILES string of the molecule is CB1CCCC/C1=[C](\c1ccccc1)[Sn]([CH3])([CH3])[CH3]. The molecule has 0 N–H and O–H groups in total. The van der Waals surface area contributed by atoms with Crippen LogP contribution in [0.3, 0.4) is 0 Å². The number of hydrogen-bond acceptors (Lipinski definition) is 0. The van der Waals surface area contributed by atoms with Gasteiger partial charge in [-0.1, -0.05) is 0 Å². The zero-order valence-corrected chi connectivity index (χ0v) is 15.1.